The lowest BCUT2D eigenvalue weighted by atomic mass is 10.2. The van der Waals surface area contributed by atoms with Crippen LogP contribution in [0.4, 0.5) is 5.69 Å². The lowest BCUT2D eigenvalue weighted by molar-refractivity contribution is 0.0977. The molecule has 0 aliphatic carbocycles. The molecule has 0 saturated carbocycles. The summed E-state index contributed by atoms with van der Waals surface area (Å²) in [7, 11) is 0. The van der Waals surface area contributed by atoms with Crippen LogP contribution in [0.15, 0.2) is 34.8 Å². The van der Waals surface area contributed by atoms with Crippen molar-refractivity contribution in [2.75, 3.05) is 11.9 Å². The highest BCUT2D eigenvalue weighted by Gasteiger charge is 2.12. The predicted molar refractivity (Wildman–Crippen MR) is 110 cm³/mol. The van der Waals surface area contributed by atoms with Gasteiger partial charge in [-0.25, -0.2) is 0 Å². The summed E-state index contributed by atoms with van der Waals surface area (Å²) in [5.41, 5.74) is 0.856. The maximum absolute atomic E-state index is 12.3. The maximum atomic E-state index is 12.3. The Morgan fingerprint density at radius 1 is 1.16 bits per heavy atom. The number of benzene rings is 2. The molecule has 1 amide bonds. The summed E-state index contributed by atoms with van der Waals surface area (Å²) in [6.45, 7) is 2.41. The van der Waals surface area contributed by atoms with Gasteiger partial charge in [-0.1, -0.05) is 34.8 Å². The van der Waals surface area contributed by atoms with Gasteiger partial charge in [0.25, 0.3) is 5.91 Å². The molecule has 2 aromatic rings. The summed E-state index contributed by atoms with van der Waals surface area (Å²) in [6, 6.07) is 8.00. The molecule has 132 valence electrons. The number of rotatable bonds is 4. The SMILES string of the molecule is CCOc1ccc(C(=O)NC(=S)Nc2cc(Cl)c(Cl)cc2Cl)cc1Br. The first-order chi connectivity index (χ1) is 11.8. The van der Waals surface area contributed by atoms with Crippen molar-refractivity contribution in [1.82, 2.24) is 5.32 Å². The molecule has 0 bridgehead atoms. The molecular formula is C16H12BrCl3N2O2S. The van der Waals surface area contributed by atoms with E-state index >= 15 is 0 Å². The second-order valence-electron chi connectivity index (χ2n) is 4.73. The zero-order chi connectivity index (χ0) is 18.6. The van der Waals surface area contributed by atoms with E-state index in [1.165, 1.54) is 12.1 Å². The van der Waals surface area contributed by atoms with Crippen LogP contribution in [0, 0.1) is 0 Å². The molecule has 0 heterocycles. The van der Waals surface area contributed by atoms with E-state index in [9.17, 15) is 4.79 Å². The quantitative estimate of drug-likeness (QED) is 0.419. The number of anilines is 1. The van der Waals surface area contributed by atoms with E-state index in [-0.39, 0.29) is 11.0 Å². The van der Waals surface area contributed by atoms with Gasteiger partial charge in [0.05, 0.1) is 31.8 Å². The average molecular weight is 483 g/mol. The number of hydrogen-bond donors (Lipinski definition) is 2. The number of carbonyl (C=O) groups excluding carboxylic acids is 1. The predicted octanol–water partition coefficient (Wildman–Crippen LogP) is 5.93. The van der Waals surface area contributed by atoms with Gasteiger partial charge < -0.3 is 10.1 Å². The summed E-state index contributed by atoms with van der Waals surface area (Å²) in [4.78, 5) is 12.3. The highest BCUT2D eigenvalue weighted by atomic mass is 79.9. The van der Waals surface area contributed by atoms with Crippen molar-refractivity contribution in [2.45, 2.75) is 6.92 Å². The Labute approximate surface area is 173 Å². The third kappa shape index (κ3) is 5.46. The average Bonchev–Trinajstić information content (AvgIpc) is 2.54. The summed E-state index contributed by atoms with van der Waals surface area (Å²) >= 11 is 26.4. The largest absolute Gasteiger partial charge is 0.493 e. The fourth-order valence-corrected chi connectivity index (χ4v) is 3.15. The van der Waals surface area contributed by atoms with Gasteiger partial charge in [0.15, 0.2) is 5.11 Å². The van der Waals surface area contributed by atoms with Gasteiger partial charge in [-0.2, -0.15) is 0 Å². The van der Waals surface area contributed by atoms with E-state index in [1.807, 2.05) is 6.92 Å². The molecule has 0 spiro atoms. The van der Waals surface area contributed by atoms with Crippen LogP contribution in [0.25, 0.3) is 0 Å². The molecule has 0 aliphatic heterocycles. The lowest BCUT2D eigenvalue weighted by Gasteiger charge is -2.12. The molecular weight excluding hydrogens is 471 g/mol. The first-order valence-corrected chi connectivity index (χ1v) is 9.34. The molecule has 0 saturated heterocycles. The fraction of sp³-hybridized carbons (Fsp3) is 0.125. The van der Waals surface area contributed by atoms with Crippen molar-refractivity contribution in [3.63, 3.8) is 0 Å². The number of thiocarbonyl (C=S) groups is 1. The van der Waals surface area contributed by atoms with Gasteiger partial charge in [0.1, 0.15) is 5.75 Å². The summed E-state index contributed by atoms with van der Waals surface area (Å²) in [5, 5.41) is 6.43. The Kier molecular flexibility index (Phi) is 7.34. The molecule has 25 heavy (non-hydrogen) atoms. The van der Waals surface area contributed by atoms with E-state index < -0.39 is 0 Å². The highest BCUT2D eigenvalue weighted by molar-refractivity contribution is 9.10. The molecule has 0 unspecified atom stereocenters. The first-order valence-electron chi connectivity index (χ1n) is 7.01. The Morgan fingerprint density at radius 3 is 2.48 bits per heavy atom. The van der Waals surface area contributed by atoms with E-state index in [0.29, 0.717) is 43.1 Å². The van der Waals surface area contributed by atoms with E-state index in [0.717, 1.165) is 0 Å². The van der Waals surface area contributed by atoms with Gasteiger partial charge in [-0.15, -0.1) is 0 Å². The molecule has 2 aromatic carbocycles. The Morgan fingerprint density at radius 2 is 1.84 bits per heavy atom. The van der Waals surface area contributed by atoms with Gasteiger partial charge in [-0.3, -0.25) is 10.1 Å². The number of amides is 1. The van der Waals surface area contributed by atoms with Crippen LogP contribution in [-0.2, 0) is 0 Å². The van der Waals surface area contributed by atoms with Crippen molar-refractivity contribution < 1.29 is 9.53 Å². The van der Waals surface area contributed by atoms with Crippen LogP contribution in [0.2, 0.25) is 15.1 Å². The maximum Gasteiger partial charge on any atom is 0.257 e. The summed E-state index contributed by atoms with van der Waals surface area (Å²) < 4.78 is 6.09. The lowest BCUT2D eigenvalue weighted by Crippen LogP contribution is -2.34. The van der Waals surface area contributed by atoms with Crippen molar-refractivity contribution in [2.24, 2.45) is 0 Å². The Bertz CT molecular complexity index is 833. The molecule has 0 atom stereocenters. The van der Waals surface area contributed by atoms with Gasteiger partial charge >= 0.3 is 0 Å². The number of ether oxygens (including phenoxy) is 1. The van der Waals surface area contributed by atoms with Gasteiger partial charge in [0, 0.05) is 5.56 Å². The molecule has 2 N–H and O–H groups in total. The van der Waals surface area contributed by atoms with Crippen molar-refractivity contribution >= 4 is 79.7 Å². The standard InChI is InChI=1S/C16H12BrCl3N2O2S/c1-2-24-14-4-3-8(5-9(14)17)15(23)22-16(25)21-13-7-11(19)10(18)6-12(13)20/h3-7H,2H2,1H3,(H2,21,22,23,25). The fourth-order valence-electron chi connectivity index (χ4n) is 1.86. The van der Waals surface area contributed by atoms with E-state index in [1.54, 1.807) is 18.2 Å². The van der Waals surface area contributed by atoms with Crippen LogP contribution in [0.5, 0.6) is 5.75 Å². The number of carbonyl (C=O) groups is 1. The molecule has 0 radical (unpaired) electrons. The number of hydrogen-bond acceptors (Lipinski definition) is 3. The number of nitrogens with one attached hydrogen (secondary N) is 2. The van der Waals surface area contributed by atoms with Crippen molar-refractivity contribution in [1.29, 1.82) is 0 Å². The van der Waals surface area contributed by atoms with Crippen LogP contribution >= 0.6 is 63.0 Å². The monoisotopic (exact) mass is 480 g/mol. The van der Waals surface area contributed by atoms with Crippen molar-refractivity contribution in [3.05, 3.63) is 55.4 Å². The van der Waals surface area contributed by atoms with Crippen LogP contribution in [-0.4, -0.2) is 17.6 Å². The van der Waals surface area contributed by atoms with Gasteiger partial charge in [0.2, 0.25) is 0 Å². The molecule has 0 aliphatic rings. The molecule has 0 fully saturated rings. The molecule has 2 rings (SSSR count). The minimum Gasteiger partial charge on any atom is -0.493 e. The summed E-state index contributed by atoms with van der Waals surface area (Å²) in [5.74, 6) is 0.278. The molecule has 4 nitrogen and oxygen atoms in total. The zero-order valence-electron chi connectivity index (χ0n) is 12.8. The van der Waals surface area contributed by atoms with Crippen LogP contribution < -0.4 is 15.4 Å². The minimum atomic E-state index is -0.377. The third-order valence-electron chi connectivity index (χ3n) is 2.98. The normalized spacial score (nSPS) is 10.3. The van der Waals surface area contributed by atoms with E-state index in [4.69, 9.17) is 51.8 Å². The Hall–Kier alpha value is -1.05. The van der Waals surface area contributed by atoms with Crippen LogP contribution in [0.1, 0.15) is 17.3 Å². The first kappa shape index (κ1) is 20.3. The van der Waals surface area contributed by atoms with Crippen LogP contribution in [0.3, 0.4) is 0 Å². The van der Waals surface area contributed by atoms with Crippen molar-refractivity contribution in [3.8, 4) is 5.75 Å². The smallest absolute Gasteiger partial charge is 0.257 e. The third-order valence-corrected chi connectivity index (χ3v) is 4.84. The topological polar surface area (TPSA) is 50.4 Å². The zero-order valence-corrected chi connectivity index (χ0v) is 17.5. The van der Waals surface area contributed by atoms with Gasteiger partial charge in [-0.05, 0) is 65.4 Å². The molecule has 9 heteroatoms. The number of halogens is 4. The van der Waals surface area contributed by atoms with E-state index in [2.05, 4.69) is 26.6 Å². The second-order valence-corrected chi connectivity index (χ2v) is 7.22. The minimum absolute atomic E-state index is 0.0790. The summed E-state index contributed by atoms with van der Waals surface area (Å²) in [6.07, 6.45) is 0. The Balaban J connectivity index is 2.06. The second kappa shape index (κ2) is 9.05. The molecule has 0 aromatic heterocycles. The highest BCUT2D eigenvalue weighted by Crippen LogP contribution is 2.32.